The zero-order valence-corrected chi connectivity index (χ0v) is 12.9. The van der Waals surface area contributed by atoms with E-state index in [0.717, 1.165) is 0 Å². The highest BCUT2D eigenvalue weighted by Gasteiger charge is 2.36. The van der Waals surface area contributed by atoms with Crippen LogP contribution in [0.1, 0.15) is 5.69 Å². The number of carbonyl (C=O) groups is 1. The maximum absolute atomic E-state index is 12.6. The van der Waals surface area contributed by atoms with Gasteiger partial charge >= 0.3 is 0 Å². The molecular weight excluding hydrogens is 306 g/mol. The number of hydrogen-bond acceptors (Lipinski definition) is 5. The van der Waals surface area contributed by atoms with Crippen LogP contribution >= 0.6 is 0 Å². The summed E-state index contributed by atoms with van der Waals surface area (Å²) in [7, 11) is -2.14. The number of sulfonamides is 1. The van der Waals surface area contributed by atoms with Crippen LogP contribution in [0, 0.1) is 6.92 Å². The fraction of sp³-hybridized carbons (Fsp3) is 0.231. The number of benzene rings is 1. The minimum absolute atomic E-state index is 0.0780. The number of nitrogens with one attached hydrogen (secondary N) is 1. The Balaban J connectivity index is 2.26. The average Bonchev–Trinajstić information content (AvgIpc) is 2.82. The highest BCUT2D eigenvalue weighted by molar-refractivity contribution is 7.93. The molecule has 0 atom stereocenters. The van der Waals surface area contributed by atoms with Gasteiger partial charge in [-0.1, -0.05) is 18.2 Å². The normalized spacial score (nSPS) is 15.1. The molecule has 0 bridgehead atoms. The van der Waals surface area contributed by atoms with Crippen molar-refractivity contribution in [3.05, 3.63) is 30.0 Å². The molecule has 22 heavy (non-hydrogen) atoms. The van der Waals surface area contributed by atoms with Gasteiger partial charge < -0.3 is 0 Å². The van der Waals surface area contributed by atoms with Gasteiger partial charge in [0.25, 0.3) is 15.9 Å². The van der Waals surface area contributed by atoms with Gasteiger partial charge in [0.15, 0.2) is 0 Å². The van der Waals surface area contributed by atoms with E-state index in [0.29, 0.717) is 22.6 Å². The molecule has 116 valence electrons. The van der Waals surface area contributed by atoms with Crippen molar-refractivity contribution in [2.45, 2.75) is 18.4 Å². The van der Waals surface area contributed by atoms with E-state index in [4.69, 9.17) is 5.84 Å². The summed E-state index contributed by atoms with van der Waals surface area (Å²) in [5.41, 5.74) is 4.16. The Labute approximate surface area is 127 Å². The fourth-order valence-electron chi connectivity index (χ4n) is 2.59. The number of carbonyl (C=O) groups excluding carboxylic acids is 1. The van der Waals surface area contributed by atoms with Crippen molar-refractivity contribution in [1.29, 1.82) is 0 Å². The van der Waals surface area contributed by atoms with Gasteiger partial charge in [0.05, 0.1) is 10.6 Å². The van der Waals surface area contributed by atoms with Crippen LogP contribution in [-0.2, 0) is 21.4 Å². The molecule has 2 heterocycles. The lowest BCUT2D eigenvalue weighted by Gasteiger charge is -2.26. The molecule has 3 N–H and O–H groups in total. The molecule has 2 aromatic rings. The van der Waals surface area contributed by atoms with Crippen molar-refractivity contribution in [3.63, 3.8) is 0 Å². The summed E-state index contributed by atoms with van der Waals surface area (Å²) in [5, 5.41) is 4.39. The maximum atomic E-state index is 12.6. The molecule has 1 aliphatic heterocycles. The standard InChI is InChI=1S/C13H15N5O3S/c1-8-13-12(16-18(8)7-11(19)15-14)9-5-3-4-6-10(9)22(20,21)17(13)2/h3-6H,7,14H2,1-2H3,(H,15,19). The zero-order chi connectivity index (χ0) is 16.1. The van der Waals surface area contributed by atoms with Crippen LogP contribution in [0.25, 0.3) is 11.3 Å². The van der Waals surface area contributed by atoms with Crippen molar-refractivity contribution >= 4 is 21.6 Å². The second-order valence-electron chi connectivity index (χ2n) is 4.98. The Morgan fingerprint density at radius 1 is 1.36 bits per heavy atom. The predicted octanol–water partition coefficient (Wildman–Crippen LogP) is -0.0131. The average molecular weight is 321 g/mol. The van der Waals surface area contributed by atoms with E-state index in [1.807, 2.05) is 5.43 Å². The summed E-state index contributed by atoms with van der Waals surface area (Å²) in [6, 6.07) is 6.68. The van der Waals surface area contributed by atoms with Gasteiger partial charge in [-0.3, -0.25) is 19.2 Å². The molecule has 0 unspecified atom stereocenters. The first-order chi connectivity index (χ1) is 10.4. The van der Waals surface area contributed by atoms with E-state index in [1.54, 1.807) is 31.2 Å². The molecule has 0 saturated heterocycles. The number of rotatable bonds is 2. The largest absolute Gasteiger partial charge is 0.293 e. The quantitative estimate of drug-likeness (QED) is 0.459. The highest BCUT2D eigenvalue weighted by atomic mass is 32.2. The number of hydrazine groups is 1. The van der Waals surface area contributed by atoms with Crippen molar-refractivity contribution in [2.75, 3.05) is 11.4 Å². The molecule has 0 fully saturated rings. The molecule has 1 amide bonds. The summed E-state index contributed by atoms with van der Waals surface area (Å²) in [6.45, 7) is 1.64. The number of hydrogen-bond donors (Lipinski definition) is 2. The van der Waals surface area contributed by atoms with Gasteiger partial charge in [-0.2, -0.15) is 5.10 Å². The van der Waals surface area contributed by atoms with Gasteiger partial charge in [-0.25, -0.2) is 14.3 Å². The lowest BCUT2D eigenvalue weighted by Crippen LogP contribution is -2.33. The molecule has 0 saturated carbocycles. The topological polar surface area (TPSA) is 110 Å². The van der Waals surface area contributed by atoms with E-state index in [1.165, 1.54) is 16.0 Å². The van der Waals surface area contributed by atoms with Gasteiger partial charge in [0.2, 0.25) is 0 Å². The van der Waals surface area contributed by atoms with Crippen LogP contribution in [-0.4, -0.2) is 31.2 Å². The Bertz CT molecular complexity index is 872. The third-order valence-corrected chi connectivity index (χ3v) is 5.54. The molecule has 1 aromatic heterocycles. The minimum Gasteiger partial charge on any atom is -0.293 e. The molecule has 1 aromatic carbocycles. The first-order valence-corrected chi connectivity index (χ1v) is 7.97. The Hall–Kier alpha value is -2.39. The van der Waals surface area contributed by atoms with Crippen molar-refractivity contribution in [2.24, 2.45) is 5.84 Å². The summed E-state index contributed by atoms with van der Waals surface area (Å²) < 4.78 is 27.8. The van der Waals surface area contributed by atoms with Gasteiger partial charge in [0.1, 0.15) is 17.9 Å². The predicted molar refractivity (Wildman–Crippen MR) is 80.3 cm³/mol. The molecular formula is C13H15N5O3S. The first-order valence-electron chi connectivity index (χ1n) is 6.53. The molecule has 0 aliphatic carbocycles. The Morgan fingerprint density at radius 3 is 2.73 bits per heavy atom. The van der Waals surface area contributed by atoms with Crippen LogP contribution in [0.3, 0.4) is 0 Å². The van der Waals surface area contributed by atoms with Crippen molar-refractivity contribution in [3.8, 4) is 11.3 Å². The first kappa shape index (κ1) is 14.5. The van der Waals surface area contributed by atoms with Crippen LogP contribution < -0.4 is 15.6 Å². The smallest absolute Gasteiger partial charge is 0.264 e. The van der Waals surface area contributed by atoms with Gasteiger partial charge in [-0.15, -0.1) is 0 Å². The van der Waals surface area contributed by atoms with Crippen molar-refractivity contribution < 1.29 is 13.2 Å². The SMILES string of the molecule is Cc1c2c(nn1CC(=O)NN)-c1ccccc1S(=O)(=O)N2C. The third-order valence-electron chi connectivity index (χ3n) is 3.72. The summed E-state index contributed by atoms with van der Waals surface area (Å²) in [5.74, 6) is 4.68. The molecule has 3 rings (SSSR count). The zero-order valence-electron chi connectivity index (χ0n) is 12.1. The molecule has 1 aliphatic rings. The lowest BCUT2D eigenvalue weighted by atomic mass is 10.1. The second-order valence-corrected chi connectivity index (χ2v) is 6.91. The van der Waals surface area contributed by atoms with Crippen molar-refractivity contribution in [1.82, 2.24) is 15.2 Å². The number of fused-ring (bicyclic) bond motifs is 3. The monoisotopic (exact) mass is 321 g/mol. The third kappa shape index (κ3) is 1.90. The number of anilines is 1. The number of nitrogens with zero attached hydrogens (tertiary/aromatic N) is 3. The summed E-state index contributed by atoms with van der Waals surface area (Å²) in [4.78, 5) is 11.7. The second kappa shape index (κ2) is 4.82. The number of aromatic nitrogens is 2. The van der Waals surface area contributed by atoms with Crippen LogP contribution in [0.5, 0.6) is 0 Å². The van der Waals surface area contributed by atoms with Gasteiger partial charge in [-0.05, 0) is 13.0 Å². The van der Waals surface area contributed by atoms with E-state index in [-0.39, 0.29) is 11.4 Å². The molecule has 0 spiro atoms. The van der Waals surface area contributed by atoms with Crippen LogP contribution in [0.15, 0.2) is 29.2 Å². The number of nitrogens with two attached hydrogens (primary N) is 1. The van der Waals surface area contributed by atoms with E-state index in [2.05, 4.69) is 5.10 Å². The van der Waals surface area contributed by atoms with E-state index in [9.17, 15) is 13.2 Å². The highest BCUT2D eigenvalue weighted by Crippen LogP contribution is 2.43. The lowest BCUT2D eigenvalue weighted by molar-refractivity contribution is -0.121. The number of amides is 1. The van der Waals surface area contributed by atoms with E-state index < -0.39 is 15.9 Å². The maximum Gasteiger partial charge on any atom is 0.264 e. The molecule has 0 radical (unpaired) electrons. The molecule has 9 heteroatoms. The Morgan fingerprint density at radius 2 is 2.05 bits per heavy atom. The fourth-order valence-corrected chi connectivity index (χ4v) is 4.03. The summed E-state index contributed by atoms with van der Waals surface area (Å²) in [6.07, 6.45) is 0. The van der Waals surface area contributed by atoms with Gasteiger partial charge in [0, 0.05) is 12.6 Å². The van der Waals surface area contributed by atoms with Crippen LogP contribution in [0.2, 0.25) is 0 Å². The Kier molecular flexibility index (Phi) is 3.18. The van der Waals surface area contributed by atoms with Crippen LogP contribution in [0.4, 0.5) is 5.69 Å². The summed E-state index contributed by atoms with van der Waals surface area (Å²) >= 11 is 0. The minimum atomic E-state index is -3.62. The van der Waals surface area contributed by atoms with E-state index >= 15 is 0 Å². The molecule has 8 nitrogen and oxygen atoms in total.